The maximum Gasteiger partial charge on any atom is 0.271 e. The van der Waals surface area contributed by atoms with Crippen LogP contribution >= 0.6 is 11.3 Å². The zero-order valence-corrected chi connectivity index (χ0v) is 18.8. The molecule has 3 aromatic heterocycles. The predicted octanol–water partition coefficient (Wildman–Crippen LogP) is 4.63. The predicted molar refractivity (Wildman–Crippen MR) is 131 cm³/mol. The Morgan fingerprint density at radius 2 is 1.88 bits per heavy atom. The van der Waals surface area contributed by atoms with Gasteiger partial charge >= 0.3 is 0 Å². The van der Waals surface area contributed by atoms with Gasteiger partial charge in [-0.2, -0.15) is 0 Å². The molecule has 33 heavy (non-hydrogen) atoms. The summed E-state index contributed by atoms with van der Waals surface area (Å²) in [6.45, 7) is 1.80. The van der Waals surface area contributed by atoms with E-state index in [9.17, 15) is 9.59 Å². The number of thiophene rings is 1. The monoisotopic (exact) mass is 456 g/mol. The maximum absolute atomic E-state index is 13.2. The van der Waals surface area contributed by atoms with Gasteiger partial charge in [-0.05, 0) is 48.4 Å². The second kappa shape index (κ2) is 8.48. The second-order valence-electron chi connectivity index (χ2n) is 7.59. The summed E-state index contributed by atoms with van der Waals surface area (Å²) in [7, 11) is 1.58. The third-order valence-electron chi connectivity index (χ3n) is 5.32. The number of fused-ring (bicyclic) bond motifs is 3. The molecule has 7 nitrogen and oxygen atoms in total. The van der Waals surface area contributed by atoms with Gasteiger partial charge < -0.3 is 10.1 Å². The number of hydrogen-bond acceptors (Lipinski definition) is 6. The van der Waals surface area contributed by atoms with Crippen LogP contribution in [0.3, 0.4) is 0 Å². The number of aryl methyl sites for hydroxylation is 1. The molecule has 0 bridgehead atoms. The minimum atomic E-state index is -0.316. The first-order valence-corrected chi connectivity index (χ1v) is 11.1. The average Bonchev–Trinajstić information content (AvgIpc) is 3.20. The summed E-state index contributed by atoms with van der Waals surface area (Å²) >= 11 is 1.31. The van der Waals surface area contributed by atoms with E-state index in [1.54, 1.807) is 31.4 Å². The van der Waals surface area contributed by atoms with Crippen molar-refractivity contribution in [2.45, 2.75) is 13.5 Å². The molecule has 0 saturated carbocycles. The summed E-state index contributed by atoms with van der Waals surface area (Å²) in [6, 6.07) is 19.0. The van der Waals surface area contributed by atoms with Gasteiger partial charge in [-0.25, -0.2) is 9.97 Å². The molecule has 0 spiro atoms. The first kappa shape index (κ1) is 20.8. The lowest BCUT2D eigenvalue weighted by molar-refractivity contribution is -0.116. The smallest absolute Gasteiger partial charge is 0.271 e. The van der Waals surface area contributed by atoms with Crippen molar-refractivity contribution in [1.29, 1.82) is 0 Å². The van der Waals surface area contributed by atoms with Crippen LogP contribution in [0.25, 0.3) is 31.6 Å². The van der Waals surface area contributed by atoms with Crippen LogP contribution in [0, 0.1) is 6.92 Å². The van der Waals surface area contributed by atoms with E-state index in [1.165, 1.54) is 22.2 Å². The van der Waals surface area contributed by atoms with Crippen molar-refractivity contribution < 1.29 is 9.53 Å². The van der Waals surface area contributed by atoms with Gasteiger partial charge in [0.15, 0.2) is 0 Å². The number of nitrogens with one attached hydrogen (secondary N) is 1. The molecule has 0 fully saturated rings. The Hall–Kier alpha value is -4.04. The van der Waals surface area contributed by atoms with Crippen LogP contribution in [-0.2, 0) is 11.3 Å². The first-order chi connectivity index (χ1) is 16.0. The molecule has 1 amide bonds. The van der Waals surface area contributed by atoms with Crippen LogP contribution in [0.1, 0.15) is 5.69 Å². The van der Waals surface area contributed by atoms with Gasteiger partial charge in [-0.15, -0.1) is 11.3 Å². The van der Waals surface area contributed by atoms with E-state index in [4.69, 9.17) is 4.74 Å². The second-order valence-corrected chi connectivity index (χ2v) is 8.59. The lowest BCUT2D eigenvalue weighted by Crippen LogP contribution is -2.27. The molecule has 0 atom stereocenters. The molecule has 5 aromatic rings. The summed E-state index contributed by atoms with van der Waals surface area (Å²) in [4.78, 5) is 35.7. The van der Waals surface area contributed by atoms with Gasteiger partial charge in [0.05, 0.1) is 19.0 Å². The number of carbonyl (C=O) groups excluding carboxylic acids is 1. The molecular weight excluding hydrogens is 436 g/mol. The van der Waals surface area contributed by atoms with Crippen molar-refractivity contribution in [2.24, 2.45) is 0 Å². The average molecular weight is 457 g/mol. The number of rotatable bonds is 5. The molecule has 0 unspecified atom stereocenters. The number of hydrogen-bond donors (Lipinski definition) is 1. The van der Waals surface area contributed by atoms with Crippen molar-refractivity contribution in [3.63, 3.8) is 0 Å². The molecule has 1 N–H and O–H groups in total. The Morgan fingerprint density at radius 1 is 1.12 bits per heavy atom. The quantitative estimate of drug-likeness (QED) is 0.417. The van der Waals surface area contributed by atoms with E-state index in [0.717, 1.165) is 27.0 Å². The number of amides is 1. The van der Waals surface area contributed by atoms with Crippen molar-refractivity contribution in [2.75, 3.05) is 12.4 Å². The van der Waals surface area contributed by atoms with Gasteiger partial charge in [0.1, 0.15) is 21.8 Å². The van der Waals surface area contributed by atoms with Gasteiger partial charge in [0, 0.05) is 16.8 Å². The fourth-order valence-electron chi connectivity index (χ4n) is 3.77. The molecule has 0 aliphatic rings. The summed E-state index contributed by atoms with van der Waals surface area (Å²) in [5.74, 6) is 0.380. The number of ether oxygens (including phenoxy) is 1. The fraction of sp³-hybridized carbons (Fsp3) is 0.120. The Kier molecular flexibility index (Phi) is 5.35. The zero-order valence-electron chi connectivity index (χ0n) is 18.0. The highest BCUT2D eigenvalue weighted by Crippen LogP contribution is 2.37. The van der Waals surface area contributed by atoms with E-state index in [2.05, 4.69) is 15.3 Å². The van der Waals surface area contributed by atoms with E-state index < -0.39 is 0 Å². The molecule has 0 aliphatic heterocycles. The van der Waals surface area contributed by atoms with E-state index >= 15 is 0 Å². The van der Waals surface area contributed by atoms with Crippen molar-refractivity contribution >= 4 is 43.4 Å². The topological polar surface area (TPSA) is 86.1 Å². The highest BCUT2D eigenvalue weighted by atomic mass is 32.1. The Bertz CT molecular complexity index is 1540. The van der Waals surface area contributed by atoms with E-state index in [1.807, 2.05) is 43.3 Å². The molecule has 0 radical (unpaired) electrons. The van der Waals surface area contributed by atoms with Crippen molar-refractivity contribution in [3.05, 3.63) is 83.0 Å². The standard InChI is InChI=1S/C25H20N4O3S/c1-15-12-19(16-6-4-3-5-7-16)21-22-23(33-24(21)27-15)25(31)29(14-26-22)13-20(30)28-17-8-10-18(32-2)11-9-17/h3-12,14H,13H2,1-2H3,(H,28,30). The molecule has 5 rings (SSSR count). The number of anilines is 1. The lowest BCUT2D eigenvalue weighted by Gasteiger charge is -2.08. The molecular formula is C25H20N4O3S. The Labute approximate surface area is 193 Å². The molecule has 3 heterocycles. The van der Waals surface area contributed by atoms with Gasteiger partial charge in [0.25, 0.3) is 5.56 Å². The SMILES string of the molecule is COc1ccc(NC(=O)Cn2cnc3c(sc4nc(C)cc(-c5ccccc5)c43)c2=O)cc1. The molecule has 0 aliphatic carbocycles. The van der Waals surface area contributed by atoms with Gasteiger partial charge in [0.2, 0.25) is 5.91 Å². The molecule has 164 valence electrons. The summed E-state index contributed by atoms with van der Waals surface area (Å²) in [5, 5.41) is 3.65. The third kappa shape index (κ3) is 3.96. The maximum atomic E-state index is 13.2. The number of nitrogens with zero attached hydrogens (tertiary/aromatic N) is 3. The third-order valence-corrected chi connectivity index (χ3v) is 6.38. The Morgan fingerprint density at radius 3 is 2.61 bits per heavy atom. The lowest BCUT2D eigenvalue weighted by atomic mass is 10.0. The number of carbonyl (C=O) groups is 1. The minimum absolute atomic E-state index is 0.139. The highest BCUT2D eigenvalue weighted by molar-refractivity contribution is 7.25. The van der Waals surface area contributed by atoms with Crippen LogP contribution in [0.15, 0.2) is 71.8 Å². The zero-order chi connectivity index (χ0) is 22.9. The van der Waals surface area contributed by atoms with Gasteiger partial charge in [-0.1, -0.05) is 30.3 Å². The number of pyridine rings is 1. The molecule has 0 saturated heterocycles. The normalized spacial score (nSPS) is 11.1. The fourth-order valence-corrected chi connectivity index (χ4v) is 4.92. The van der Waals surface area contributed by atoms with E-state index in [-0.39, 0.29) is 18.0 Å². The van der Waals surface area contributed by atoms with Crippen molar-refractivity contribution in [3.8, 4) is 16.9 Å². The number of methoxy groups -OCH3 is 1. The van der Waals surface area contributed by atoms with Crippen LogP contribution < -0.4 is 15.6 Å². The minimum Gasteiger partial charge on any atom is -0.497 e. The van der Waals surface area contributed by atoms with Crippen LogP contribution in [0.4, 0.5) is 5.69 Å². The largest absolute Gasteiger partial charge is 0.497 e. The molecule has 8 heteroatoms. The van der Waals surface area contributed by atoms with Crippen LogP contribution in [0.2, 0.25) is 0 Å². The Balaban J connectivity index is 1.52. The van der Waals surface area contributed by atoms with Crippen LogP contribution in [0.5, 0.6) is 5.75 Å². The summed E-state index contributed by atoms with van der Waals surface area (Å²) in [6.07, 6.45) is 1.43. The summed E-state index contributed by atoms with van der Waals surface area (Å²) < 4.78 is 6.94. The summed E-state index contributed by atoms with van der Waals surface area (Å²) in [5.41, 5.74) is 3.87. The van der Waals surface area contributed by atoms with Crippen LogP contribution in [-0.4, -0.2) is 27.6 Å². The molecule has 2 aromatic carbocycles. The first-order valence-electron chi connectivity index (χ1n) is 10.3. The number of benzene rings is 2. The highest BCUT2D eigenvalue weighted by Gasteiger charge is 2.18. The van der Waals surface area contributed by atoms with Gasteiger partial charge in [-0.3, -0.25) is 14.2 Å². The number of aromatic nitrogens is 3. The van der Waals surface area contributed by atoms with E-state index in [0.29, 0.717) is 21.7 Å². The van der Waals surface area contributed by atoms with Crippen molar-refractivity contribution in [1.82, 2.24) is 14.5 Å².